The highest BCUT2D eigenvalue weighted by atomic mass is 32.1. The molecular weight excluding hydrogens is 298 g/mol. The summed E-state index contributed by atoms with van der Waals surface area (Å²) in [7, 11) is 1.93. The van der Waals surface area contributed by atoms with E-state index < -0.39 is 0 Å². The summed E-state index contributed by atoms with van der Waals surface area (Å²) < 4.78 is 1.87. The van der Waals surface area contributed by atoms with Crippen molar-refractivity contribution in [3.8, 4) is 0 Å². The van der Waals surface area contributed by atoms with Crippen LogP contribution in [0.2, 0.25) is 0 Å². The monoisotopic (exact) mass is 321 g/mol. The van der Waals surface area contributed by atoms with Gasteiger partial charge in [0.15, 0.2) is 0 Å². The fourth-order valence-corrected chi connectivity index (χ4v) is 3.22. The maximum Gasteiger partial charge on any atom is 0.270 e. The average molecular weight is 321 g/mol. The molecule has 2 rings (SSSR count). The number of nitrogens with one attached hydrogen (secondary N) is 1. The molecule has 0 spiro atoms. The second kappa shape index (κ2) is 7.02. The Morgan fingerprint density at radius 1 is 1.50 bits per heavy atom. The zero-order valence-electron chi connectivity index (χ0n) is 13.5. The van der Waals surface area contributed by atoms with E-state index in [1.165, 1.54) is 16.9 Å². The predicted octanol–water partition coefficient (Wildman–Crippen LogP) is 1.36. The number of nitrogens with zero attached hydrogens (tertiary/aromatic N) is 3. The van der Waals surface area contributed by atoms with E-state index in [1.54, 1.807) is 5.38 Å². The Morgan fingerprint density at radius 2 is 2.23 bits per heavy atom. The first kappa shape index (κ1) is 16.6. The number of hydrogen-bond donors (Lipinski definition) is 2. The molecule has 3 N–H and O–H groups in total. The molecular formula is C15H23N5OS. The van der Waals surface area contributed by atoms with Gasteiger partial charge in [-0.1, -0.05) is 0 Å². The van der Waals surface area contributed by atoms with E-state index in [0.717, 1.165) is 22.8 Å². The molecule has 0 aliphatic rings. The van der Waals surface area contributed by atoms with Crippen LogP contribution >= 0.6 is 11.3 Å². The zero-order valence-corrected chi connectivity index (χ0v) is 14.3. The smallest absolute Gasteiger partial charge is 0.270 e. The topological polar surface area (TPSA) is 85.8 Å². The lowest BCUT2D eigenvalue weighted by molar-refractivity contribution is 0.0935. The van der Waals surface area contributed by atoms with Gasteiger partial charge in [-0.2, -0.15) is 5.10 Å². The van der Waals surface area contributed by atoms with Gasteiger partial charge in [-0.05, 0) is 39.3 Å². The second-order valence-corrected chi connectivity index (χ2v) is 6.46. The van der Waals surface area contributed by atoms with Crippen LogP contribution in [0.4, 0.5) is 0 Å². The molecule has 0 aromatic carbocycles. The van der Waals surface area contributed by atoms with Crippen molar-refractivity contribution in [1.82, 2.24) is 20.1 Å². The number of hydrogen-bond acceptors (Lipinski definition) is 5. The molecule has 0 aliphatic heterocycles. The number of rotatable bonds is 6. The molecule has 7 heteroatoms. The van der Waals surface area contributed by atoms with Gasteiger partial charge in [0.2, 0.25) is 0 Å². The molecule has 1 unspecified atom stereocenters. The molecule has 22 heavy (non-hydrogen) atoms. The van der Waals surface area contributed by atoms with E-state index in [4.69, 9.17) is 5.73 Å². The maximum atomic E-state index is 12.2. The molecule has 2 heterocycles. The van der Waals surface area contributed by atoms with Gasteiger partial charge in [-0.15, -0.1) is 11.3 Å². The van der Waals surface area contributed by atoms with E-state index in [0.29, 0.717) is 18.7 Å². The lowest BCUT2D eigenvalue weighted by Gasteiger charge is -2.13. The van der Waals surface area contributed by atoms with Gasteiger partial charge in [0, 0.05) is 30.6 Å². The van der Waals surface area contributed by atoms with Crippen molar-refractivity contribution in [2.24, 2.45) is 12.8 Å². The predicted molar refractivity (Wildman–Crippen MR) is 88.2 cm³/mol. The molecule has 0 bridgehead atoms. The van der Waals surface area contributed by atoms with E-state index in [1.807, 2.05) is 32.5 Å². The van der Waals surface area contributed by atoms with Crippen molar-refractivity contribution < 1.29 is 4.79 Å². The van der Waals surface area contributed by atoms with Gasteiger partial charge in [-0.3, -0.25) is 9.48 Å². The van der Waals surface area contributed by atoms with E-state index in [-0.39, 0.29) is 11.9 Å². The Bertz CT molecular complexity index is 661. The van der Waals surface area contributed by atoms with Crippen LogP contribution in [-0.2, 0) is 19.9 Å². The Kier molecular flexibility index (Phi) is 5.31. The number of carbonyl (C=O) groups is 1. The highest BCUT2D eigenvalue weighted by Crippen LogP contribution is 2.15. The largest absolute Gasteiger partial charge is 0.348 e. The molecule has 0 aliphatic carbocycles. The van der Waals surface area contributed by atoms with E-state index in [2.05, 4.69) is 15.4 Å². The first-order valence-electron chi connectivity index (χ1n) is 7.36. The van der Waals surface area contributed by atoms with Crippen LogP contribution in [-0.4, -0.2) is 33.3 Å². The molecule has 0 saturated carbocycles. The van der Waals surface area contributed by atoms with Crippen molar-refractivity contribution >= 4 is 17.2 Å². The SMILES string of the molecule is Cc1nn(C)c(C)c1CC(C)NC(=O)c1csc(CCN)n1. The van der Waals surface area contributed by atoms with Crippen LogP contribution in [0.5, 0.6) is 0 Å². The van der Waals surface area contributed by atoms with Gasteiger partial charge >= 0.3 is 0 Å². The molecule has 120 valence electrons. The molecule has 2 aromatic rings. The fraction of sp³-hybridized carbons (Fsp3) is 0.533. The third-order valence-corrected chi connectivity index (χ3v) is 4.60. The number of thiazole rings is 1. The first-order chi connectivity index (χ1) is 10.4. The van der Waals surface area contributed by atoms with Crippen molar-refractivity contribution in [3.63, 3.8) is 0 Å². The van der Waals surface area contributed by atoms with Crippen LogP contribution in [0.15, 0.2) is 5.38 Å². The summed E-state index contributed by atoms with van der Waals surface area (Å²) in [5.74, 6) is -0.133. The minimum atomic E-state index is -0.133. The lowest BCUT2D eigenvalue weighted by atomic mass is 10.1. The number of aromatic nitrogens is 3. The van der Waals surface area contributed by atoms with Crippen LogP contribution in [0.25, 0.3) is 0 Å². The quantitative estimate of drug-likeness (QED) is 0.841. The van der Waals surface area contributed by atoms with Gasteiger partial charge in [0.05, 0.1) is 10.7 Å². The summed E-state index contributed by atoms with van der Waals surface area (Å²) >= 11 is 1.48. The fourth-order valence-electron chi connectivity index (χ4n) is 2.42. The van der Waals surface area contributed by atoms with Crippen molar-refractivity contribution in [2.45, 2.75) is 39.7 Å². The second-order valence-electron chi connectivity index (χ2n) is 5.52. The van der Waals surface area contributed by atoms with Crippen molar-refractivity contribution in [3.05, 3.63) is 33.0 Å². The van der Waals surface area contributed by atoms with Crippen molar-refractivity contribution in [1.29, 1.82) is 0 Å². The molecule has 1 amide bonds. The van der Waals surface area contributed by atoms with Gasteiger partial charge in [-0.25, -0.2) is 4.98 Å². The van der Waals surface area contributed by atoms with Crippen LogP contribution in [0.1, 0.15) is 39.4 Å². The average Bonchev–Trinajstić information content (AvgIpc) is 3.00. The normalized spacial score (nSPS) is 12.4. The van der Waals surface area contributed by atoms with E-state index >= 15 is 0 Å². The summed E-state index contributed by atoms with van der Waals surface area (Å²) in [6.07, 6.45) is 1.47. The van der Waals surface area contributed by atoms with Crippen LogP contribution in [0.3, 0.4) is 0 Å². The third kappa shape index (κ3) is 3.72. The zero-order chi connectivity index (χ0) is 16.3. The number of aryl methyl sites for hydroxylation is 2. The number of carbonyl (C=O) groups excluding carboxylic acids is 1. The highest BCUT2D eigenvalue weighted by Gasteiger charge is 2.17. The van der Waals surface area contributed by atoms with Crippen molar-refractivity contribution in [2.75, 3.05) is 6.54 Å². The van der Waals surface area contributed by atoms with Crippen LogP contribution < -0.4 is 11.1 Å². The lowest BCUT2D eigenvalue weighted by Crippen LogP contribution is -2.34. The molecule has 1 atom stereocenters. The molecule has 2 aromatic heterocycles. The number of amides is 1. The highest BCUT2D eigenvalue weighted by molar-refractivity contribution is 7.09. The van der Waals surface area contributed by atoms with Gasteiger partial charge < -0.3 is 11.1 Å². The maximum absolute atomic E-state index is 12.2. The Labute approximate surface area is 134 Å². The molecule has 6 nitrogen and oxygen atoms in total. The molecule has 0 radical (unpaired) electrons. The Morgan fingerprint density at radius 3 is 2.82 bits per heavy atom. The van der Waals surface area contributed by atoms with Crippen LogP contribution in [0, 0.1) is 13.8 Å². The van der Waals surface area contributed by atoms with Gasteiger partial charge in [0.25, 0.3) is 5.91 Å². The molecule has 0 fully saturated rings. The molecule has 0 saturated heterocycles. The Balaban J connectivity index is 1.98. The number of nitrogens with two attached hydrogens (primary N) is 1. The van der Waals surface area contributed by atoms with Gasteiger partial charge in [0.1, 0.15) is 5.69 Å². The Hall–Kier alpha value is -1.73. The van der Waals surface area contributed by atoms with E-state index in [9.17, 15) is 4.79 Å². The summed E-state index contributed by atoms with van der Waals surface area (Å²) in [5.41, 5.74) is 9.32. The standard InChI is InChI=1S/C15H23N5OS/c1-9(7-12-10(2)19-20(4)11(12)3)17-15(21)13-8-22-14(18-13)5-6-16/h8-9H,5-7,16H2,1-4H3,(H,17,21). The summed E-state index contributed by atoms with van der Waals surface area (Å²) in [5, 5.41) is 10.1. The first-order valence-corrected chi connectivity index (χ1v) is 8.24. The summed E-state index contributed by atoms with van der Waals surface area (Å²) in [6, 6.07) is 0.0220. The minimum absolute atomic E-state index is 0.0220. The minimum Gasteiger partial charge on any atom is -0.348 e. The third-order valence-electron chi connectivity index (χ3n) is 3.69. The summed E-state index contributed by atoms with van der Waals surface area (Å²) in [6.45, 7) is 6.58. The summed E-state index contributed by atoms with van der Waals surface area (Å²) in [4.78, 5) is 16.5.